The van der Waals surface area contributed by atoms with Crippen molar-refractivity contribution in [3.8, 4) is 0 Å². The second kappa shape index (κ2) is 5.38. The van der Waals surface area contributed by atoms with Crippen LogP contribution in [0.25, 0.3) is 0 Å². The molecule has 2 fully saturated rings. The Hall–Kier alpha value is -0.900. The monoisotopic (exact) mass is 290 g/mol. The third kappa shape index (κ3) is 2.63. The van der Waals surface area contributed by atoms with Gasteiger partial charge in [0.05, 0.1) is 18.8 Å². The van der Waals surface area contributed by atoms with E-state index >= 15 is 0 Å². The summed E-state index contributed by atoms with van der Waals surface area (Å²) in [5, 5.41) is 0. The molecule has 2 bridgehead atoms. The first-order valence-corrected chi connectivity index (χ1v) is 7.85. The molecule has 4 unspecified atom stereocenters. The van der Waals surface area contributed by atoms with Gasteiger partial charge < -0.3 is 14.2 Å². The third-order valence-corrected chi connectivity index (χ3v) is 5.13. The van der Waals surface area contributed by atoms with Crippen LogP contribution in [-0.4, -0.2) is 25.1 Å². The summed E-state index contributed by atoms with van der Waals surface area (Å²) in [4.78, 5) is 0. The largest absolute Gasteiger partial charge is 0.371 e. The van der Waals surface area contributed by atoms with Crippen LogP contribution < -0.4 is 0 Å². The SMILES string of the molecule is COC12CC(C)(C)C(O1)C(OCc1ccccc1)CC2C. The van der Waals surface area contributed by atoms with Gasteiger partial charge in [-0.2, -0.15) is 0 Å². The summed E-state index contributed by atoms with van der Waals surface area (Å²) in [5.74, 6) is -0.0675. The lowest BCUT2D eigenvalue weighted by Crippen LogP contribution is -2.49. The van der Waals surface area contributed by atoms with E-state index in [1.165, 1.54) is 5.56 Å². The number of hydrogen-bond donors (Lipinski definition) is 0. The fourth-order valence-electron chi connectivity index (χ4n) is 3.93. The maximum atomic E-state index is 6.32. The van der Waals surface area contributed by atoms with E-state index < -0.39 is 5.79 Å². The standard InChI is InChI=1S/C18H26O3/c1-13-10-15(20-11-14-8-6-5-7-9-14)16-17(2,3)12-18(13,19-4)21-16/h5-9,13,15-16H,10-12H2,1-4H3. The summed E-state index contributed by atoms with van der Waals surface area (Å²) in [7, 11) is 1.76. The molecule has 2 aliphatic heterocycles. The molecule has 2 saturated heterocycles. The van der Waals surface area contributed by atoms with Crippen molar-refractivity contribution in [3.63, 3.8) is 0 Å². The van der Waals surface area contributed by atoms with Gasteiger partial charge in [-0.3, -0.25) is 0 Å². The van der Waals surface area contributed by atoms with Crippen LogP contribution in [0.2, 0.25) is 0 Å². The summed E-state index contributed by atoms with van der Waals surface area (Å²) in [6.07, 6.45) is 2.18. The number of benzene rings is 1. The molecule has 0 aliphatic carbocycles. The lowest BCUT2D eigenvalue weighted by atomic mass is 9.83. The number of methoxy groups -OCH3 is 1. The van der Waals surface area contributed by atoms with Crippen LogP contribution in [0, 0.1) is 11.3 Å². The van der Waals surface area contributed by atoms with Gasteiger partial charge in [0.25, 0.3) is 0 Å². The second-order valence-electron chi connectivity index (χ2n) is 7.19. The normalized spacial score (nSPS) is 37.6. The summed E-state index contributed by atoms with van der Waals surface area (Å²) < 4.78 is 18.3. The van der Waals surface area contributed by atoms with Gasteiger partial charge >= 0.3 is 0 Å². The first-order valence-electron chi connectivity index (χ1n) is 7.85. The minimum Gasteiger partial charge on any atom is -0.371 e. The Bertz CT molecular complexity index is 484. The first-order chi connectivity index (χ1) is 9.97. The Kier molecular flexibility index (Phi) is 3.85. The fourth-order valence-corrected chi connectivity index (χ4v) is 3.93. The van der Waals surface area contributed by atoms with Gasteiger partial charge in [0, 0.05) is 19.4 Å². The Morgan fingerprint density at radius 3 is 2.62 bits per heavy atom. The molecule has 0 radical (unpaired) electrons. The van der Waals surface area contributed by atoms with Crippen molar-refractivity contribution in [3.05, 3.63) is 35.9 Å². The van der Waals surface area contributed by atoms with Crippen LogP contribution in [0.1, 0.15) is 39.2 Å². The highest BCUT2D eigenvalue weighted by atomic mass is 16.7. The minimum absolute atomic E-state index is 0.0854. The predicted molar refractivity (Wildman–Crippen MR) is 81.8 cm³/mol. The molecule has 0 saturated carbocycles. The lowest BCUT2D eigenvalue weighted by Gasteiger charge is -2.42. The van der Waals surface area contributed by atoms with E-state index in [1.807, 2.05) is 18.2 Å². The molecule has 3 rings (SSSR count). The van der Waals surface area contributed by atoms with Crippen LogP contribution >= 0.6 is 0 Å². The smallest absolute Gasteiger partial charge is 0.171 e. The van der Waals surface area contributed by atoms with Gasteiger partial charge in [-0.05, 0) is 17.4 Å². The second-order valence-corrected chi connectivity index (χ2v) is 7.19. The number of rotatable bonds is 4. The molecule has 2 heterocycles. The molecule has 2 aliphatic rings. The molecule has 4 atom stereocenters. The zero-order chi connectivity index (χ0) is 15.1. The topological polar surface area (TPSA) is 27.7 Å². The Labute approximate surface area is 127 Å². The minimum atomic E-state index is -0.416. The Morgan fingerprint density at radius 2 is 1.95 bits per heavy atom. The van der Waals surface area contributed by atoms with Crippen LogP contribution in [0.3, 0.4) is 0 Å². The van der Waals surface area contributed by atoms with Gasteiger partial charge in [0.15, 0.2) is 5.79 Å². The molecule has 0 aromatic heterocycles. The molecule has 1 aromatic rings. The van der Waals surface area contributed by atoms with Crippen LogP contribution in [0.4, 0.5) is 0 Å². The zero-order valence-corrected chi connectivity index (χ0v) is 13.5. The van der Waals surface area contributed by atoms with Crippen molar-refractivity contribution in [1.82, 2.24) is 0 Å². The molecule has 0 amide bonds. The van der Waals surface area contributed by atoms with Crippen molar-refractivity contribution in [2.75, 3.05) is 7.11 Å². The summed E-state index contributed by atoms with van der Waals surface area (Å²) in [6, 6.07) is 10.3. The fraction of sp³-hybridized carbons (Fsp3) is 0.667. The first kappa shape index (κ1) is 15.0. The molecular formula is C18H26O3. The van der Waals surface area contributed by atoms with Gasteiger partial charge in [-0.25, -0.2) is 0 Å². The van der Waals surface area contributed by atoms with E-state index in [0.717, 1.165) is 12.8 Å². The predicted octanol–water partition coefficient (Wildman–Crippen LogP) is 3.77. The van der Waals surface area contributed by atoms with E-state index in [1.54, 1.807) is 7.11 Å². The van der Waals surface area contributed by atoms with Crippen LogP contribution in [-0.2, 0) is 20.8 Å². The molecular weight excluding hydrogens is 264 g/mol. The average Bonchev–Trinajstić information content (AvgIpc) is 2.73. The summed E-state index contributed by atoms with van der Waals surface area (Å²) in [5.41, 5.74) is 1.30. The number of ether oxygens (including phenoxy) is 3. The zero-order valence-electron chi connectivity index (χ0n) is 13.5. The molecule has 0 N–H and O–H groups in total. The lowest BCUT2D eigenvalue weighted by molar-refractivity contribution is -0.286. The highest BCUT2D eigenvalue weighted by molar-refractivity contribution is 5.13. The van der Waals surface area contributed by atoms with Gasteiger partial charge in [0.2, 0.25) is 0 Å². The Morgan fingerprint density at radius 1 is 1.24 bits per heavy atom. The van der Waals surface area contributed by atoms with Crippen molar-refractivity contribution >= 4 is 0 Å². The van der Waals surface area contributed by atoms with E-state index in [2.05, 4.69) is 32.9 Å². The van der Waals surface area contributed by atoms with Crippen LogP contribution in [0.5, 0.6) is 0 Å². The molecule has 1 aromatic carbocycles. The maximum absolute atomic E-state index is 6.32. The van der Waals surface area contributed by atoms with E-state index in [-0.39, 0.29) is 17.6 Å². The van der Waals surface area contributed by atoms with E-state index in [9.17, 15) is 0 Å². The quantitative estimate of drug-likeness (QED) is 0.845. The highest BCUT2D eigenvalue weighted by Crippen LogP contribution is 2.54. The molecule has 3 nitrogen and oxygen atoms in total. The van der Waals surface area contributed by atoms with Gasteiger partial charge in [-0.1, -0.05) is 51.1 Å². The summed E-state index contributed by atoms with van der Waals surface area (Å²) in [6.45, 7) is 7.37. The molecule has 21 heavy (non-hydrogen) atoms. The average molecular weight is 290 g/mol. The van der Waals surface area contributed by atoms with E-state index in [0.29, 0.717) is 12.5 Å². The van der Waals surface area contributed by atoms with Crippen molar-refractivity contribution in [1.29, 1.82) is 0 Å². The number of fused-ring (bicyclic) bond motifs is 2. The van der Waals surface area contributed by atoms with E-state index in [4.69, 9.17) is 14.2 Å². The van der Waals surface area contributed by atoms with Crippen molar-refractivity contribution in [2.24, 2.45) is 11.3 Å². The molecule has 116 valence electrons. The van der Waals surface area contributed by atoms with Crippen LogP contribution in [0.15, 0.2) is 30.3 Å². The number of hydrogen-bond acceptors (Lipinski definition) is 3. The highest BCUT2D eigenvalue weighted by Gasteiger charge is 2.60. The summed E-state index contributed by atoms with van der Waals surface area (Å²) >= 11 is 0. The van der Waals surface area contributed by atoms with Crippen molar-refractivity contribution in [2.45, 2.75) is 58.2 Å². The van der Waals surface area contributed by atoms with Crippen molar-refractivity contribution < 1.29 is 14.2 Å². The molecule has 0 spiro atoms. The molecule has 3 heteroatoms. The third-order valence-electron chi connectivity index (χ3n) is 5.13. The maximum Gasteiger partial charge on any atom is 0.171 e. The van der Waals surface area contributed by atoms with Gasteiger partial charge in [0.1, 0.15) is 0 Å². The Balaban J connectivity index is 1.72. The van der Waals surface area contributed by atoms with Gasteiger partial charge in [-0.15, -0.1) is 0 Å².